The highest BCUT2D eigenvalue weighted by Gasteiger charge is 2.28. The number of carbonyl (C=O) groups is 2. The Labute approximate surface area is 136 Å². The molecule has 1 aromatic heterocycles. The van der Waals surface area contributed by atoms with Crippen molar-refractivity contribution in [2.75, 3.05) is 24.1 Å². The van der Waals surface area contributed by atoms with E-state index in [4.69, 9.17) is 5.73 Å². The van der Waals surface area contributed by atoms with Crippen molar-refractivity contribution >= 4 is 35.7 Å². The summed E-state index contributed by atoms with van der Waals surface area (Å²) in [5, 5.41) is 2.85. The van der Waals surface area contributed by atoms with Gasteiger partial charge in [0, 0.05) is 24.9 Å². The first-order chi connectivity index (χ1) is 9.97. The molecule has 0 unspecified atom stereocenters. The predicted molar refractivity (Wildman–Crippen MR) is 88.7 cm³/mol. The number of hydrogen-bond donors (Lipinski definition) is 2. The Morgan fingerprint density at radius 3 is 2.45 bits per heavy atom. The van der Waals surface area contributed by atoms with Crippen molar-refractivity contribution in [1.82, 2.24) is 9.88 Å². The fourth-order valence-corrected chi connectivity index (χ4v) is 2.45. The minimum absolute atomic E-state index is 0. The average Bonchev–Trinajstić information content (AvgIpc) is 2.49. The molecule has 2 rings (SSSR count). The summed E-state index contributed by atoms with van der Waals surface area (Å²) in [4.78, 5) is 29.9. The standard InChI is InChI=1S/C15H22N4O2.ClH/c1-10(2)15(21)19-7-5-11(6-8-19)14(20)18-12-3-4-13(16)17-9-12;/h3-4,9-11H,5-8H2,1-2H3,(H2,16,17)(H,18,20);1H. The summed E-state index contributed by atoms with van der Waals surface area (Å²) in [6, 6.07) is 3.39. The summed E-state index contributed by atoms with van der Waals surface area (Å²) < 4.78 is 0. The second kappa shape index (κ2) is 7.98. The Balaban J connectivity index is 0.00000242. The summed E-state index contributed by atoms with van der Waals surface area (Å²) in [6.07, 6.45) is 2.95. The van der Waals surface area contributed by atoms with Crippen LogP contribution in [0, 0.1) is 11.8 Å². The highest BCUT2D eigenvalue weighted by Crippen LogP contribution is 2.20. The first kappa shape index (κ1) is 18.2. The molecule has 2 heterocycles. The predicted octanol–water partition coefficient (Wildman–Crippen LogP) is 1.92. The third-order valence-corrected chi connectivity index (χ3v) is 3.73. The maximum absolute atomic E-state index is 12.2. The Kier molecular flexibility index (Phi) is 6.61. The van der Waals surface area contributed by atoms with Crippen LogP contribution in [0.15, 0.2) is 18.3 Å². The molecule has 0 bridgehead atoms. The molecule has 1 saturated heterocycles. The zero-order chi connectivity index (χ0) is 15.4. The van der Waals surface area contributed by atoms with Gasteiger partial charge >= 0.3 is 0 Å². The van der Waals surface area contributed by atoms with Crippen LogP contribution in [0.3, 0.4) is 0 Å². The highest BCUT2D eigenvalue weighted by atomic mass is 35.5. The van der Waals surface area contributed by atoms with Gasteiger partial charge in [0.1, 0.15) is 5.82 Å². The van der Waals surface area contributed by atoms with Gasteiger partial charge in [-0.2, -0.15) is 0 Å². The summed E-state index contributed by atoms with van der Waals surface area (Å²) >= 11 is 0. The monoisotopic (exact) mass is 326 g/mol. The van der Waals surface area contributed by atoms with Gasteiger partial charge in [-0.1, -0.05) is 13.8 Å². The van der Waals surface area contributed by atoms with E-state index in [0.717, 1.165) is 0 Å². The number of pyridine rings is 1. The first-order valence-electron chi connectivity index (χ1n) is 7.28. The summed E-state index contributed by atoms with van der Waals surface area (Å²) in [5.74, 6) is 0.526. The van der Waals surface area contributed by atoms with E-state index in [1.54, 1.807) is 18.3 Å². The minimum Gasteiger partial charge on any atom is -0.384 e. The summed E-state index contributed by atoms with van der Waals surface area (Å²) in [6.45, 7) is 5.09. The lowest BCUT2D eigenvalue weighted by atomic mass is 9.95. The molecule has 6 nitrogen and oxygen atoms in total. The number of nitrogens with two attached hydrogens (primary N) is 1. The largest absolute Gasteiger partial charge is 0.384 e. The van der Waals surface area contributed by atoms with Crippen molar-refractivity contribution in [1.29, 1.82) is 0 Å². The number of halogens is 1. The molecule has 0 saturated carbocycles. The number of aromatic nitrogens is 1. The molecule has 1 aromatic rings. The molecule has 1 aliphatic rings. The van der Waals surface area contributed by atoms with Crippen molar-refractivity contribution in [3.8, 4) is 0 Å². The van der Waals surface area contributed by atoms with Crippen LogP contribution >= 0.6 is 12.4 Å². The Morgan fingerprint density at radius 1 is 1.32 bits per heavy atom. The molecule has 122 valence electrons. The zero-order valence-electron chi connectivity index (χ0n) is 12.9. The van der Waals surface area contributed by atoms with Gasteiger partial charge in [0.25, 0.3) is 0 Å². The fourth-order valence-electron chi connectivity index (χ4n) is 2.45. The second-order valence-electron chi connectivity index (χ2n) is 5.72. The molecule has 0 atom stereocenters. The van der Waals surface area contributed by atoms with E-state index in [9.17, 15) is 9.59 Å². The summed E-state index contributed by atoms with van der Waals surface area (Å²) in [7, 11) is 0. The molecule has 0 aliphatic carbocycles. The molecular formula is C15H23ClN4O2. The van der Waals surface area contributed by atoms with Crippen molar-refractivity contribution in [3.05, 3.63) is 18.3 Å². The number of amides is 2. The van der Waals surface area contributed by atoms with E-state index in [1.165, 1.54) is 0 Å². The van der Waals surface area contributed by atoms with Gasteiger partial charge in [0.15, 0.2) is 0 Å². The highest BCUT2D eigenvalue weighted by molar-refractivity contribution is 5.92. The van der Waals surface area contributed by atoms with Crippen LogP contribution < -0.4 is 11.1 Å². The number of piperidine rings is 1. The van der Waals surface area contributed by atoms with Gasteiger partial charge in [-0.05, 0) is 25.0 Å². The van der Waals surface area contributed by atoms with Crippen LogP contribution in [0.1, 0.15) is 26.7 Å². The van der Waals surface area contributed by atoms with Crippen LogP contribution in [0.4, 0.5) is 11.5 Å². The lowest BCUT2D eigenvalue weighted by molar-refractivity contribution is -0.137. The number of nitrogens with one attached hydrogen (secondary N) is 1. The molecular weight excluding hydrogens is 304 g/mol. The number of nitrogen functional groups attached to an aromatic ring is 1. The van der Waals surface area contributed by atoms with E-state index in [2.05, 4.69) is 10.3 Å². The molecule has 0 radical (unpaired) electrons. The van der Waals surface area contributed by atoms with Gasteiger partial charge in [0.2, 0.25) is 11.8 Å². The second-order valence-corrected chi connectivity index (χ2v) is 5.72. The maximum atomic E-state index is 12.2. The van der Waals surface area contributed by atoms with Crippen LogP contribution in [0.25, 0.3) is 0 Å². The third kappa shape index (κ3) is 4.59. The molecule has 22 heavy (non-hydrogen) atoms. The van der Waals surface area contributed by atoms with Gasteiger partial charge in [0.05, 0.1) is 11.9 Å². The van der Waals surface area contributed by atoms with Crippen molar-refractivity contribution in [3.63, 3.8) is 0 Å². The number of hydrogen-bond acceptors (Lipinski definition) is 4. The minimum atomic E-state index is -0.0567. The maximum Gasteiger partial charge on any atom is 0.227 e. The van der Waals surface area contributed by atoms with Gasteiger partial charge in [-0.3, -0.25) is 9.59 Å². The Hall–Kier alpha value is -1.82. The van der Waals surface area contributed by atoms with Crippen LogP contribution in [-0.4, -0.2) is 34.8 Å². The molecule has 7 heteroatoms. The first-order valence-corrected chi connectivity index (χ1v) is 7.28. The third-order valence-electron chi connectivity index (χ3n) is 3.73. The average molecular weight is 327 g/mol. The lowest BCUT2D eigenvalue weighted by Gasteiger charge is -2.32. The molecule has 3 N–H and O–H groups in total. The SMILES string of the molecule is CC(C)C(=O)N1CCC(C(=O)Nc2ccc(N)nc2)CC1.Cl. The fraction of sp³-hybridized carbons (Fsp3) is 0.533. The van der Waals surface area contributed by atoms with Gasteiger partial charge in [-0.25, -0.2) is 4.98 Å². The van der Waals surface area contributed by atoms with E-state index in [1.807, 2.05) is 18.7 Å². The molecule has 2 amide bonds. The Morgan fingerprint density at radius 2 is 1.95 bits per heavy atom. The summed E-state index contributed by atoms with van der Waals surface area (Å²) in [5.41, 5.74) is 6.16. The number of rotatable bonds is 3. The van der Waals surface area contributed by atoms with Crippen LogP contribution in [-0.2, 0) is 9.59 Å². The Bertz CT molecular complexity index is 511. The number of likely N-dealkylation sites (tertiary alicyclic amines) is 1. The van der Waals surface area contributed by atoms with Crippen molar-refractivity contribution in [2.45, 2.75) is 26.7 Å². The quantitative estimate of drug-likeness (QED) is 0.888. The van der Waals surface area contributed by atoms with Gasteiger partial charge < -0.3 is 16.0 Å². The topological polar surface area (TPSA) is 88.3 Å². The smallest absolute Gasteiger partial charge is 0.227 e. The van der Waals surface area contributed by atoms with E-state index in [-0.39, 0.29) is 36.1 Å². The molecule has 0 aromatic carbocycles. The number of anilines is 2. The number of carbonyl (C=O) groups excluding carboxylic acids is 2. The van der Waals surface area contributed by atoms with Crippen LogP contribution in [0.2, 0.25) is 0 Å². The van der Waals surface area contributed by atoms with E-state index >= 15 is 0 Å². The lowest BCUT2D eigenvalue weighted by Crippen LogP contribution is -2.43. The van der Waals surface area contributed by atoms with Gasteiger partial charge in [-0.15, -0.1) is 12.4 Å². The van der Waals surface area contributed by atoms with Crippen molar-refractivity contribution < 1.29 is 9.59 Å². The van der Waals surface area contributed by atoms with E-state index in [0.29, 0.717) is 37.4 Å². The number of nitrogens with zero attached hydrogens (tertiary/aromatic N) is 2. The molecule has 0 spiro atoms. The normalized spacial score (nSPS) is 15.3. The van der Waals surface area contributed by atoms with E-state index < -0.39 is 0 Å². The zero-order valence-corrected chi connectivity index (χ0v) is 13.7. The molecule has 1 aliphatic heterocycles. The molecule has 1 fully saturated rings. The van der Waals surface area contributed by atoms with Crippen LogP contribution in [0.5, 0.6) is 0 Å². The van der Waals surface area contributed by atoms with Crippen molar-refractivity contribution in [2.24, 2.45) is 11.8 Å².